The number of rotatable bonds is 2. The van der Waals surface area contributed by atoms with E-state index in [1.54, 1.807) is 0 Å². The van der Waals surface area contributed by atoms with Gasteiger partial charge in [-0.1, -0.05) is 12.1 Å². The second-order valence-corrected chi connectivity index (χ2v) is 3.80. The van der Waals surface area contributed by atoms with Crippen LogP contribution in [0.2, 0.25) is 0 Å². The molecule has 2 rings (SSSR count). The molecule has 0 atom stereocenters. The smallest absolute Gasteiger partial charge is 0.106 e. The summed E-state index contributed by atoms with van der Waals surface area (Å²) >= 11 is 3.30. The first-order valence-electron chi connectivity index (χ1n) is 4.35. The standard InChI is InChI=1S/C11H9BrN2/c12-11-5-4-9(8-14-11)7-10-3-1-2-6-13-10/h1-6,8H,7H2. The van der Waals surface area contributed by atoms with E-state index >= 15 is 0 Å². The Labute approximate surface area is 91.2 Å². The lowest BCUT2D eigenvalue weighted by molar-refractivity contribution is 1.05. The molecule has 14 heavy (non-hydrogen) atoms. The van der Waals surface area contributed by atoms with Gasteiger partial charge in [0, 0.05) is 24.5 Å². The Morgan fingerprint density at radius 3 is 2.64 bits per heavy atom. The molecule has 2 nitrogen and oxygen atoms in total. The molecule has 0 saturated heterocycles. The van der Waals surface area contributed by atoms with E-state index in [4.69, 9.17) is 0 Å². The maximum absolute atomic E-state index is 4.26. The highest BCUT2D eigenvalue weighted by Crippen LogP contribution is 2.09. The number of aromatic nitrogens is 2. The van der Waals surface area contributed by atoms with Crippen LogP contribution >= 0.6 is 15.9 Å². The Morgan fingerprint density at radius 1 is 1.07 bits per heavy atom. The van der Waals surface area contributed by atoms with Crippen molar-refractivity contribution in [3.63, 3.8) is 0 Å². The number of hydrogen-bond acceptors (Lipinski definition) is 2. The molecular formula is C11H9BrN2. The molecule has 0 spiro atoms. The van der Waals surface area contributed by atoms with Crippen LogP contribution in [0.15, 0.2) is 47.3 Å². The van der Waals surface area contributed by atoms with Crippen molar-refractivity contribution in [1.29, 1.82) is 0 Å². The molecule has 0 bridgehead atoms. The third kappa shape index (κ3) is 2.39. The van der Waals surface area contributed by atoms with Crippen LogP contribution in [-0.2, 0) is 6.42 Å². The second-order valence-electron chi connectivity index (χ2n) is 2.99. The van der Waals surface area contributed by atoms with Gasteiger partial charge in [0.1, 0.15) is 4.60 Å². The van der Waals surface area contributed by atoms with Crippen LogP contribution < -0.4 is 0 Å². The number of pyridine rings is 2. The Morgan fingerprint density at radius 2 is 2.00 bits per heavy atom. The summed E-state index contributed by atoms with van der Waals surface area (Å²) in [5.74, 6) is 0. The van der Waals surface area contributed by atoms with E-state index in [1.165, 1.54) is 5.56 Å². The zero-order chi connectivity index (χ0) is 9.80. The van der Waals surface area contributed by atoms with E-state index in [1.807, 2.05) is 42.7 Å². The summed E-state index contributed by atoms with van der Waals surface area (Å²) in [4.78, 5) is 8.42. The van der Waals surface area contributed by atoms with Crippen molar-refractivity contribution in [2.75, 3.05) is 0 Å². The quantitative estimate of drug-likeness (QED) is 0.765. The summed E-state index contributed by atoms with van der Waals surface area (Å²) in [6, 6.07) is 9.92. The first-order chi connectivity index (χ1) is 6.84. The molecule has 0 aliphatic heterocycles. The van der Waals surface area contributed by atoms with E-state index in [-0.39, 0.29) is 0 Å². The molecule has 2 aromatic heterocycles. The average molecular weight is 249 g/mol. The summed E-state index contributed by atoms with van der Waals surface area (Å²) in [7, 11) is 0. The Bertz CT molecular complexity index is 397. The van der Waals surface area contributed by atoms with Crippen LogP contribution in [0, 0.1) is 0 Å². The third-order valence-electron chi connectivity index (χ3n) is 1.90. The molecule has 2 aromatic rings. The summed E-state index contributed by atoms with van der Waals surface area (Å²) in [5, 5.41) is 0. The Hall–Kier alpha value is -1.22. The minimum atomic E-state index is 0.834. The third-order valence-corrected chi connectivity index (χ3v) is 2.37. The fourth-order valence-corrected chi connectivity index (χ4v) is 1.46. The first-order valence-corrected chi connectivity index (χ1v) is 5.14. The normalized spacial score (nSPS) is 10.1. The second kappa shape index (κ2) is 4.33. The molecule has 0 amide bonds. The first kappa shape index (κ1) is 9.34. The minimum absolute atomic E-state index is 0.834. The molecule has 0 saturated carbocycles. The van der Waals surface area contributed by atoms with Gasteiger partial charge in [-0.05, 0) is 39.7 Å². The molecule has 0 N–H and O–H groups in total. The van der Waals surface area contributed by atoms with Gasteiger partial charge < -0.3 is 0 Å². The predicted octanol–water partition coefficient (Wildman–Crippen LogP) is 2.83. The highest BCUT2D eigenvalue weighted by molar-refractivity contribution is 9.10. The lowest BCUT2D eigenvalue weighted by Gasteiger charge is -1.99. The fourth-order valence-electron chi connectivity index (χ4n) is 1.22. The van der Waals surface area contributed by atoms with Crippen LogP contribution in [0.5, 0.6) is 0 Å². The number of nitrogens with zero attached hydrogens (tertiary/aromatic N) is 2. The molecule has 0 fully saturated rings. The van der Waals surface area contributed by atoms with E-state index < -0.39 is 0 Å². The van der Waals surface area contributed by atoms with Crippen molar-refractivity contribution in [3.05, 3.63) is 58.6 Å². The molecule has 0 unspecified atom stereocenters. The lowest BCUT2D eigenvalue weighted by atomic mass is 10.1. The number of halogens is 1. The largest absolute Gasteiger partial charge is 0.261 e. The van der Waals surface area contributed by atoms with E-state index in [0.29, 0.717) is 0 Å². The van der Waals surface area contributed by atoms with E-state index in [2.05, 4.69) is 25.9 Å². The maximum Gasteiger partial charge on any atom is 0.106 e. The summed E-state index contributed by atoms with van der Waals surface area (Å²) in [6.45, 7) is 0. The SMILES string of the molecule is Brc1ccc(Cc2ccccn2)cn1. The number of hydrogen-bond donors (Lipinski definition) is 0. The molecule has 0 radical (unpaired) electrons. The van der Waals surface area contributed by atoms with Gasteiger partial charge in [0.2, 0.25) is 0 Å². The zero-order valence-electron chi connectivity index (χ0n) is 7.52. The Kier molecular flexibility index (Phi) is 2.89. The van der Waals surface area contributed by atoms with Crippen LogP contribution in [0.1, 0.15) is 11.3 Å². The molecule has 0 aliphatic carbocycles. The van der Waals surface area contributed by atoms with Crippen molar-refractivity contribution in [2.24, 2.45) is 0 Å². The predicted molar refractivity (Wildman–Crippen MR) is 59.0 cm³/mol. The molecular weight excluding hydrogens is 240 g/mol. The van der Waals surface area contributed by atoms with Gasteiger partial charge >= 0.3 is 0 Å². The lowest BCUT2D eigenvalue weighted by Crippen LogP contribution is -1.91. The zero-order valence-corrected chi connectivity index (χ0v) is 9.11. The van der Waals surface area contributed by atoms with Crippen molar-refractivity contribution in [2.45, 2.75) is 6.42 Å². The Balaban J connectivity index is 2.16. The van der Waals surface area contributed by atoms with Gasteiger partial charge in [0.25, 0.3) is 0 Å². The summed E-state index contributed by atoms with van der Waals surface area (Å²) < 4.78 is 0.863. The molecule has 3 heteroatoms. The molecule has 0 aliphatic rings. The van der Waals surface area contributed by atoms with Crippen LogP contribution in [0.4, 0.5) is 0 Å². The van der Waals surface area contributed by atoms with Crippen LogP contribution in [0.3, 0.4) is 0 Å². The average Bonchev–Trinajstić information content (AvgIpc) is 2.23. The monoisotopic (exact) mass is 248 g/mol. The van der Waals surface area contributed by atoms with Gasteiger partial charge in [0.15, 0.2) is 0 Å². The molecule has 70 valence electrons. The topological polar surface area (TPSA) is 25.8 Å². The highest BCUT2D eigenvalue weighted by atomic mass is 79.9. The van der Waals surface area contributed by atoms with Crippen molar-refractivity contribution < 1.29 is 0 Å². The fraction of sp³-hybridized carbons (Fsp3) is 0.0909. The maximum atomic E-state index is 4.26. The van der Waals surface area contributed by atoms with E-state index in [9.17, 15) is 0 Å². The minimum Gasteiger partial charge on any atom is -0.261 e. The molecule has 2 heterocycles. The van der Waals surface area contributed by atoms with Gasteiger partial charge in [0.05, 0.1) is 0 Å². The van der Waals surface area contributed by atoms with Gasteiger partial charge in [-0.3, -0.25) is 4.98 Å². The van der Waals surface area contributed by atoms with E-state index in [0.717, 1.165) is 16.7 Å². The summed E-state index contributed by atoms with van der Waals surface area (Å²) in [5.41, 5.74) is 2.24. The van der Waals surface area contributed by atoms with Gasteiger partial charge in [-0.25, -0.2) is 4.98 Å². The van der Waals surface area contributed by atoms with Crippen molar-refractivity contribution in [1.82, 2.24) is 9.97 Å². The summed E-state index contributed by atoms with van der Waals surface area (Å²) in [6.07, 6.45) is 4.50. The molecule has 0 aromatic carbocycles. The highest BCUT2D eigenvalue weighted by Gasteiger charge is 1.96. The van der Waals surface area contributed by atoms with Gasteiger partial charge in [-0.15, -0.1) is 0 Å². The van der Waals surface area contributed by atoms with Crippen molar-refractivity contribution >= 4 is 15.9 Å². The van der Waals surface area contributed by atoms with Crippen LogP contribution in [0.25, 0.3) is 0 Å². The van der Waals surface area contributed by atoms with Crippen LogP contribution in [-0.4, -0.2) is 9.97 Å². The van der Waals surface area contributed by atoms with Gasteiger partial charge in [-0.2, -0.15) is 0 Å². The van der Waals surface area contributed by atoms with Crippen molar-refractivity contribution in [3.8, 4) is 0 Å².